The average molecular weight is 405 g/mol. The van der Waals surface area contributed by atoms with E-state index in [1.165, 1.54) is 0 Å². The molecule has 0 saturated carbocycles. The van der Waals surface area contributed by atoms with Crippen molar-refractivity contribution in [2.24, 2.45) is 0 Å². The summed E-state index contributed by atoms with van der Waals surface area (Å²) in [5.41, 5.74) is 4.60. The van der Waals surface area contributed by atoms with Crippen molar-refractivity contribution >= 4 is 15.7 Å². The molecule has 1 aliphatic heterocycles. The topological polar surface area (TPSA) is 68.6 Å². The van der Waals surface area contributed by atoms with Crippen molar-refractivity contribution in [3.05, 3.63) is 52.8 Å². The largest absolute Gasteiger partial charge is 0.383 e. The minimum Gasteiger partial charge on any atom is -0.383 e. The van der Waals surface area contributed by atoms with E-state index in [1.807, 2.05) is 45.0 Å². The number of nitrogens with zero attached hydrogens (tertiary/aromatic N) is 2. The first kappa shape index (κ1) is 20.6. The van der Waals surface area contributed by atoms with Crippen LogP contribution in [-0.4, -0.2) is 61.6 Å². The van der Waals surface area contributed by atoms with Gasteiger partial charge in [-0.2, -0.15) is 0 Å². The van der Waals surface area contributed by atoms with Crippen LogP contribution in [0.3, 0.4) is 0 Å². The lowest BCUT2D eigenvalue weighted by Gasteiger charge is -2.28. The van der Waals surface area contributed by atoms with Gasteiger partial charge in [-0.25, -0.2) is 8.42 Å². The second-order valence-electron chi connectivity index (χ2n) is 7.51. The molecule has 1 aromatic heterocycles. The van der Waals surface area contributed by atoms with Crippen LogP contribution in [0.4, 0.5) is 0 Å². The number of carbonyl (C=O) groups excluding carboxylic acids is 1. The Bertz CT molecular complexity index is 978. The molecule has 2 heterocycles. The second-order valence-corrected chi connectivity index (χ2v) is 9.74. The number of ether oxygens (including phenoxy) is 1. The summed E-state index contributed by atoms with van der Waals surface area (Å²) >= 11 is 0. The van der Waals surface area contributed by atoms with Gasteiger partial charge in [-0.3, -0.25) is 4.79 Å². The summed E-state index contributed by atoms with van der Waals surface area (Å²) in [5, 5.41) is 0. The smallest absolute Gasteiger partial charge is 0.256 e. The van der Waals surface area contributed by atoms with Crippen LogP contribution < -0.4 is 0 Å². The van der Waals surface area contributed by atoms with Crippen molar-refractivity contribution in [2.45, 2.75) is 33.2 Å². The summed E-state index contributed by atoms with van der Waals surface area (Å²) in [6.45, 7) is 6.70. The Morgan fingerprint density at radius 3 is 2.61 bits per heavy atom. The lowest BCUT2D eigenvalue weighted by atomic mass is 10.1. The molecule has 0 aliphatic carbocycles. The maximum absolute atomic E-state index is 13.4. The van der Waals surface area contributed by atoms with Gasteiger partial charge in [-0.1, -0.05) is 12.1 Å². The molecule has 7 heteroatoms. The highest BCUT2D eigenvalue weighted by molar-refractivity contribution is 7.91. The van der Waals surface area contributed by atoms with Gasteiger partial charge in [0.25, 0.3) is 5.91 Å². The Hall–Kier alpha value is -2.12. The van der Waals surface area contributed by atoms with Crippen LogP contribution in [0.25, 0.3) is 5.69 Å². The molecule has 6 nitrogen and oxygen atoms in total. The SMILES string of the molecule is COCCN(C(=O)c1cc(C)n(-c2cccc(C)c2)c1C)C1CCS(=O)(=O)C1. The Labute approximate surface area is 167 Å². The average Bonchev–Trinajstić information content (AvgIpc) is 3.13. The highest BCUT2D eigenvalue weighted by atomic mass is 32.2. The van der Waals surface area contributed by atoms with Gasteiger partial charge in [-0.15, -0.1) is 0 Å². The van der Waals surface area contributed by atoms with Crippen molar-refractivity contribution in [2.75, 3.05) is 31.8 Å². The molecular weight excluding hydrogens is 376 g/mol. The van der Waals surface area contributed by atoms with E-state index >= 15 is 0 Å². The summed E-state index contributed by atoms with van der Waals surface area (Å²) in [5.74, 6) is 0.0293. The molecule has 1 atom stereocenters. The predicted octanol–water partition coefficient (Wildman–Crippen LogP) is 2.68. The fourth-order valence-electron chi connectivity index (χ4n) is 3.96. The van der Waals surface area contributed by atoms with E-state index in [0.717, 1.165) is 22.6 Å². The number of aryl methyl sites for hydroxylation is 2. The minimum atomic E-state index is -3.08. The molecule has 0 radical (unpaired) electrons. The Morgan fingerprint density at radius 2 is 2.00 bits per heavy atom. The van der Waals surface area contributed by atoms with Gasteiger partial charge in [0.05, 0.1) is 23.7 Å². The van der Waals surface area contributed by atoms with E-state index in [0.29, 0.717) is 25.1 Å². The van der Waals surface area contributed by atoms with E-state index in [9.17, 15) is 13.2 Å². The van der Waals surface area contributed by atoms with Gasteiger partial charge in [0.2, 0.25) is 0 Å². The van der Waals surface area contributed by atoms with E-state index in [4.69, 9.17) is 4.74 Å². The number of methoxy groups -OCH3 is 1. The number of hydrogen-bond donors (Lipinski definition) is 0. The molecular formula is C21H28N2O4S. The van der Waals surface area contributed by atoms with Crippen LogP contribution in [0.15, 0.2) is 30.3 Å². The Balaban J connectivity index is 1.96. The number of rotatable bonds is 6. The molecule has 1 unspecified atom stereocenters. The van der Waals surface area contributed by atoms with Gasteiger partial charge in [0.1, 0.15) is 0 Å². The summed E-state index contributed by atoms with van der Waals surface area (Å²) < 4.78 is 31.1. The summed E-state index contributed by atoms with van der Waals surface area (Å²) in [4.78, 5) is 15.1. The second kappa shape index (κ2) is 8.09. The molecule has 0 N–H and O–H groups in total. The molecule has 152 valence electrons. The van der Waals surface area contributed by atoms with Crippen LogP contribution in [-0.2, 0) is 14.6 Å². The molecule has 1 aromatic carbocycles. The van der Waals surface area contributed by atoms with Crippen molar-refractivity contribution in [1.29, 1.82) is 0 Å². The van der Waals surface area contributed by atoms with Crippen molar-refractivity contribution < 1.29 is 17.9 Å². The van der Waals surface area contributed by atoms with E-state index in [1.54, 1.807) is 12.0 Å². The number of hydrogen-bond acceptors (Lipinski definition) is 4. The van der Waals surface area contributed by atoms with Crippen LogP contribution in [0.5, 0.6) is 0 Å². The summed E-state index contributed by atoms with van der Waals surface area (Å²) in [6.07, 6.45) is 0.481. The van der Waals surface area contributed by atoms with Crippen molar-refractivity contribution in [3.63, 3.8) is 0 Å². The fraction of sp³-hybridized carbons (Fsp3) is 0.476. The Morgan fingerprint density at radius 1 is 1.25 bits per heavy atom. The molecule has 28 heavy (non-hydrogen) atoms. The summed E-state index contributed by atoms with van der Waals surface area (Å²) in [6, 6.07) is 9.74. The maximum Gasteiger partial charge on any atom is 0.256 e. The zero-order chi connectivity index (χ0) is 20.5. The van der Waals surface area contributed by atoms with Crippen LogP contribution in [0.1, 0.15) is 33.7 Å². The molecule has 1 amide bonds. The predicted molar refractivity (Wildman–Crippen MR) is 110 cm³/mol. The lowest BCUT2D eigenvalue weighted by molar-refractivity contribution is 0.0623. The van der Waals surface area contributed by atoms with E-state index < -0.39 is 9.84 Å². The molecule has 2 aromatic rings. The molecule has 1 saturated heterocycles. The van der Waals surface area contributed by atoms with Crippen LogP contribution >= 0.6 is 0 Å². The first-order valence-corrected chi connectivity index (χ1v) is 11.3. The monoisotopic (exact) mass is 404 g/mol. The zero-order valence-corrected chi connectivity index (χ0v) is 17.8. The number of benzene rings is 1. The fourth-order valence-corrected chi connectivity index (χ4v) is 5.69. The number of carbonyl (C=O) groups is 1. The van der Waals surface area contributed by atoms with Gasteiger partial charge in [-0.05, 0) is 51.0 Å². The highest BCUT2D eigenvalue weighted by Gasteiger charge is 2.35. The zero-order valence-electron chi connectivity index (χ0n) is 16.9. The third-order valence-corrected chi connectivity index (χ3v) is 7.12. The van der Waals surface area contributed by atoms with Gasteiger partial charge >= 0.3 is 0 Å². The van der Waals surface area contributed by atoms with Crippen molar-refractivity contribution in [1.82, 2.24) is 9.47 Å². The number of sulfone groups is 1. The highest BCUT2D eigenvalue weighted by Crippen LogP contribution is 2.25. The minimum absolute atomic E-state index is 0.0269. The van der Waals surface area contributed by atoms with Crippen molar-refractivity contribution in [3.8, 4) is 5.69 Å². The number of aromatic nitrogens is 1. The molecule has 3 rings (SSSR count). The Kier molecular flexibility index (Phi) is 5.95. The van der Waals surface area contributed by atoms with Gasteiger partial charge < -0.3 is 14.2 Å². The van der Waals surface area contributed by atoms with E-state index in [-0.39, 0.29) is 23.5 Å². The first-order chi connectivity index (χ1) is 13.2. The van der Waals surface area contributed by atoms with Gasteiger partial charge in [0.15, 0.2) is 9.84 Å². The molecule has 1 aliphatic rings. The lowest BCUT2D eigenvalue weighted by Crippen LogP contribution is -2.43. The summed E-state index contributed by atoms with van der Waals surface area (Å²) in [7, 11) is -1.50. The standard InChI is InChI=1S/C21H28N2O4S/c1-15-6-5-7-18(12-15)23-16(2)13-20(17(23)3)21(24)22(9-10-27-4)19-8-11-28(25,26)14-19/h5-7,12-13,19H,8-11,14H2,1-4H3. The maximum atomic E-state index is 13.4. The van der Waals surface area contributed by atoms with E-state index in [2.05, 4.69) is 10.6 Å². The third kappa shape index (κ3) is 4.15. The van der Waals surface area contributed by atoms with Gasteiger partial charge in [0, 0.05) is 36.8 Å². The first-order valence-electron chi connectivity index (χ1n) is 9.50. The third-order valence-electron chi connectivity index (χ3n) is 5.37. The normalized spacial score (nSPS) is 18.4. The van der Waals surface area contributed by atoms with Crippen LogP contribution in [0, 0.1) is 20.8 Å². The molecule has 0 bridgehead atoms. The number of amides is 1. The molecule has 1 fully saturated rings. The molecule has 0 spiro atoms. The van der Waals surface area contributed by atoms with Crippen LogP contribution in [0.2, 0.25) is 0 Å². The quantitative estimate of drug-likeness (QED) is 0.742.